The van der Waals surface area contributed by atoms with Gasteiger partial charge in [-0.25, -0.2) is 0 Å². The minimum atomic E-state index is -0.115. The van der Waals surface area contributed by atoms with Gasteiger partial charge in [0, 0.05) is 31.3 Å². The van der Waals surface area contributed by atoms with Crippen molar-refractivity contribution < 1.29 is 14.3 Å². The Morgan fingerprint density at radius 3 is 2.62 bits per heavy atom. The van der Waals surface area contributed by atoms with Crippen LogP contribution in [0, 0.1) is 19.8 Å². The molecule has 0 N–H and O–H groups in total. The highest BCUT2D eigenvalue weighted by atomic mass is 16.5. The molecule has 0 bridgehead atoms. The van der Waals surface area contributed by atoms with Gasteiger partial charge >= 0.3 is 0 Å². The van der Waals surface area contributed by atoms with Gasteiger partial charge in [-0.15, -0.1) is 0 Å². The zero-order valence-corrected chi connectivity index (χ0v) is 13.0. The van der Waals surface area contributed by atoms with Crippen LogP contribution in [-0.2, 0) is 9.47 Å². The van der Waals surface area contributed by atoms with Crippen molar-refractivity contribution >= 4 is 5.78 Å². The second kappa shape index (κ2) is 5.90. The van der Waals surface area contributed by atoms with Gasteiger partial charge in [0.2, 0.25) is 0 Å². The van der Waals surface area contributed by atoms with E-state index in [-0.39, 0.29) is 17.3 Å². The molecule has 1 aromatic carbocycles. The highest BCUT2D eigenvalue weighted by Gasteiger charge is 2.41. The molecule has 0 saturated carbocycles. The normalized spacial score (nSPS) is 25.0. The number of ether oxygens (including phenoxy) is 2. The first-order valence-electron chi connectivity index (χ1n) is 7.93. The lowest BCUT2D eigenvalue weighted by Gasteiger charge is -2.42. The number of carbonyl (C=O) groups excluding carboxylic acids is 1. The molecule has 2 heterocycles. The van der Waals surface area contributed by atoms with Crippen LogP contribution in [0.25, 0.3) is 0 Å². The molecule has 0 radical (unpaired) electrons. The summed E-state index contributed by atoms with van der Waals surface area (Å²) < 4.78 is 11.5. The van der Waals surface area contributed by atoms with Crippen molar-refractivity contribution in [3.8, 4) is 0 Å². The molecular weight excluding hydrogens is 264 g/mol. The number of carbonyl (C=O) groups is 1. The van der Waals surface area contributed by atoms with E-state index in [1.807, 2.05) is 18.2 Å². The molecule has 0 amide bonds. The molecule has 2 aliphatic heterocycles. The van der Waals surface area contributed by atoms with Crippen molar-refractivity contribution in [2.75, 3.05) is 19.8 Å². The molecule has 3 nitrogen and oxygen atoms in total. The molecule has 0 aliphatic carbocycles. The van der Waals surface area contributed by atoms with Crippen LogP contribution >= 0.6 is 0 Å². The average Bonchev–Trinajstić information content (AvgIpc) is 2.50. The molecular formula is C18H24O3. The van der Waals surface area contributed by atoms with Crippen LogP contribution in [0.3, 0.4) is 0 Å². The largest absolute Gasteiger partial charge is 0.381 e. The molecule has 21 heavy (non-hydrogen) atoms. The quantitative estimate of drug-likeness (QED) is 0.782. The van der Waals surface area contributed by atoms with E-state index in [9.17, 15) is 4.79 Å². The van der Waals surface area contributed by atoms with E-state index >= 15 is 0 Å². The van der Waals surface area contributed by atoms with Crippen LogP contribution < -0.4 is 0 Å². The maximum atomic E-state index is 12.8. The standard InChI is InChI=1S/C18H24O3/c1-13-3-4-15(11-14(13)2)17(19)16-5-8-21-18(12-16)6-9-20-10-7-18/h3-4,11,16H,5-10,12H2,1-2H3. The Morgan fingerprint density at radius 1 is 1.14 bits per heavy atom. The summed E-state index contributed by atoms with van der Waals surface area (Å²) >= 11 is 0. The third-order valence-electron chi connectivity index (χ3n) is 5.06. The van der Waals surface area contributed by atoms with Gasteiger partial charge in [0.15, 0.2) is 5.78 Å². The first kappa shape index (κ1) is 14.7. The van der Waals surface area contributed by atoms with Crippen molar-refractivity contribution in [1.29, 1.82) is 0 Å². The second-order valence-corrected chi connectivity index (χ2v) is 6.50. The van der Waals surface area contributed by atoms with Crippen molar-refractivity contribution in [3.63, 3.8) is 0 Å². The third-order valence-corrected chi connectivity index (χ3v) is 5.06. The van der Waals surface area contributed by atoms with Crippen LogP contribution in [0.2, 0.25) is 0 Å². The molecule has 1 aromatic rings. The third kappa shape index (κ3) is 3.04. The van der Waals surface area contributed by atoms with Gasteiger partial charge in [0.1, 0.15) is 0 Å². The van der Waals surface area contributed by atoms with Crippen molar-refractivity contribution in [3.05, 3.63) is 34.9 Å². The fourth-order valence-corrected chi connectivity index (χ4v) is 3.47. The van der Waals surface area contributed by atoms with Gasteiger partial charge in [0.05, 0.1) is 5.60 Å². The Kier molecular flexibility index (Phi) is 4.14. The van der Waals surface area contributed by atoms with Crippen LogP contribution in [0.1, 0.15) is 47.2 Å². The van der Waals surface area contributed by atoms with E-state index in [0.717, 1.165) is 44.5 Å². The Hall–Kier alpha value is -1.19. The highest BCUT2D eigenvalue weighted by molar-refractivity contribution is 5.98. The lowest BCUT2D eigenvalue weighted by molar-refractivity contribution is -0.142. The number of ketones is 1. The fraction of sp³-hybridized carbons (Fsp3) is 0.611. The lowest BCUT2D eigenvalue weighted by atomic mass is 9.78. The van der Waals surface area contributed by atoms with Gasteiger partial charge < -0.3 is 9.47 Å². The molecule has 2 saturated heterocycles. The molecule has 0 aromatic heterocycles. The summed E-state index contributed by atoms with van der Waals surface area (Å²) in [4.78, 5) is 12.8. The van der Waals surface area contributed by atoms with E-state index in [1.165, 1.54) is 11.1 Å². The second-order valence-electron chi connectivity index (χ2n) is 6.50. The number of benzene rings is 1. The number of aryl methyl sites for hydroxylation is 2. The summed E-state index contributed by atoms with van der Waals surface area (Å²) in [6, 6.07) is 6.05. The Labute approximate surface area is 126 Å². The Bertz CT molecular complexity index is 524. The Morgan fingerprint density at radius 2 is 1.90 bits per heavy atom. The monoisotopic (exact) mass is 288 g/mol. The summed E-state index contributed by atoms with van der Waals surface area (Å²) in [7, 11) is 0. The maximum Gasteiger partial charge on any atom is 0.166 e. The van der Waals surface area contributed by atoms with Gasteiger partial charge in [-0.1, -0.05) is 12.1 Å². The van der Waals surface area contributed by atoms with Crippen molar-refractivity contribution in [2.24, 2.45) is 5.92 Å². The maximum absolute atomic E-state index is 12.8. The number of rotatable bonds is 2. The lowest BCUT2D eigenvalue weighted by Crippen LogP contribution is -2.45. The van der Waals surface area contributed by atoms with Crippen molar-refractivity contribution in [2.45, 2.75) is 45.1 Å². The molecule has 3 heteroatoms. The molecule has 1 spiro atoms. The summed E-state index contributed by atoms with van der Waals surface area (Å²) in [5.74, 6) is 0.381. The van der Waals surface area contributed by atoms with E-state index < -0.39 is 0 Å². The first-order valence-corrected chi connectivity index (χ1v) is 7.93. The van der Waals surface area contributed by atoms with Crippen LogP contribution in [0.4, 0.5) is 0 Å². The van der Waals surface area contributed by atoms with E-state index in [1.54, 1.807) is 0 Å². The SMILES string of the molecule is Cc1ccc(C(=O)C2CCOC3(CCOCC3)C2)cc1C. The minimum absolute atomic E-state index is 0.0963. The van der Waals surface area contributed by atoms with Crippen LogP contribution in [0.5, 0.6) is 0 Å². The van der Waals surface area contributed by atoms with Crippen LogP contribution in [-0.4, -0.2) is 31.2 Å². The molecule has 2 aliphatic rings. The minimum Gasteiger partial charge on any atom is -0.381 e. The van der Waals surface area contributed by atoms with Crippen LogP contribution in [0.15, 0.2) is 18.2 Å². The fourth-order valence-electron chi connectivity index (χ4n) is 3.47. The molecule has 1 atom stereocenters. The zero-order valence-electron chi connectivity index (χ0n) is 13.0. The van der Waals surface area contributed by atoms with E-state index in [0.29, 0.717) is 6.61 Å². The highest BCUT2D eigenvalue weighted by Crippen LogP contribution is 2.38. The predicted octanol–water partition coefficient (Wildman–Crippen LogP) is 3.46. The smallest absolute Gasteiger partial charge is 0.166 e. The van der Waals surface area contributed by atoms with Crippen molar-refractivity contribution in [1.82, 2.24) is 0 Å². The topological polar surface area (TPSA) is 35.5 Å². The average molecular weight is 288 g/mol. The number of hydrogen-bond acceptors (Lipinski definition) is 3. The molecule has 2 fully saturated rings. The van der Waals surface area contributed by atoms with E-state index in [2.05, 4.69) is 13.8 Å². The summed E-state index contributed by atoms with van der Waals surface area (Å²) in [6.45, 7) is 6.35. The van der Waals surface area contributed by atoms with Gasteiger partial charge in [-0.3, -0.25) is 4.79 Å². The molecule has 114 valence electrons. The van der Waals surface area contributed by atoms with Gasteiger partial charge in [-0.2, -0.15) is 0 Å². The summed E-state index contributed by atoms with van der Waals surface area (Å²) in [5, 5.41) is 0. The summed E-state index contributed by atoms with van der Waals surface area (Å²) in [6.07, 6.45) is 3.53. The van der Waals surface area contributed by atoms with Gasteiger partial charge in [0.25, 0.3) is 0 Å². The van der Waals surface area contributed by atoms with Gasteiger partial charge in [-0.05, 0) is 56.7 Å². The summed E-state index contributed by atoms with van der Waals surface area (Å²) in [5.41, 5.74) is 3.16. The predicted molar refractivity (Wildman–Crippen MR) is 81.7 cm³/mol. The molecule has 1 unspecified atom stereocenters. The first-order chi connectivity index (χ1) is 10.1. The number of Topliss-reactive ketones (excluding diaryl/α,β-unsaturated/α-hetero) is 1. The zero-order chi connectivity index (χ0) is 14.9. The number of hydrogen-bond donors (Lipinski definition) is 0. The molecule has 3 rings (SSSR count). The Balaban J connectivity index is 1.76. The van der Waals surface area contributed by atoms with E-state index in [4.69, 9.17) is 9.47 Å².